The molecule has 522 valence electrons. The Balaban J connectivity index is 5.27. The number of aliphatic hydroxyl groups is 1. The molecule has 0 aromatic carbocycles. The quantitative estimate of drug-likeness (QED) is 0.0222. The highest BCUT2D eigenvalue weighted by Gasteiger charge is 2.30. The molecule has 0 bridgehead atoms. The minimum atomic E-state index is -4.95. The van der Waals surface area contributed by atoms with Crippen molar-refractivity contribution in [1.82, 2.24) is 0 Å². The van der Waals surface area contributed by atoms with Crippen LogP contribution in [0.2, 0.25) is 0 Å². The largest absolute Gasteiger partial charge is 0.472 e. The number of carbonyl (C=O) groups excluding carboxylic acids is 4. The third-order valence-electron chi connectivity index (χ3n) is 16.5. The molecule has 17 nitrogen and oxygen atoms in total. The van der Waals surface area contributed by atoms with Crippen molar-refractivity contribution < 1.29 is 80.2 Å². The number of hydrogen-bond donors (Lipinski definition) is 3. The SMILES string of the molecule is CCC(C)CCCCCCCCCCC(=O)O[C@H](COC(=O)CCCCCCCCCCCC(C)C)COP(=O)(O)OC[C@@H](O)COP(=O)(O)OC[C@@H](COC(=O)CCCCCCCCC(C)CC)OC(=O)CCCCCCCCCCCCCC(C)C. The molecule has 3 N–H and O–H groups in total. The van der Waals surface area contributed by atoms with Gasteiger partial charge in [-0.25, -0.2) is 9.13 Å². The summed E-state index contributed by atoms with van der Waals surface area (Å²) in [6.07, 6.45) is 40.2. The number of unbranched alkanes of at least 4 members (excludes halogenated alkanes) is 30. The molecule has 0 heterocycles. The smallest absolute Gasteiger partial charge is 0.462 e. The van der Waals surface area contributed by atoms with Crippen LogP contribution in [0.3, 0.4) is 0 Å². The van der Waals surface area contributed by atoms with Gasteiger partial charge in [0, 0.05) is 25.7 Å². The van der Waals surface area contributed by atoms with Gasteiger partial charge >= 0.3 is 39.5 Å². The van der Waals surface area contributed by atoms with E-state index >= 15 is 0 Å². The van der Waals surface area contributed by atoms with Crippen LogP contribution in [0.15, 0.2) is 0 Å². The molecule has 0 amide bonds. The Morgan fingerprint density at radius 3 is 0.807 bits per heavy atom. The van der Waals surface area contributed by atoms with Gasteiger partial charge in [-0.1, -0.05) is 287 Å². The number of ether oxygens (including phenoxy) is 4. The molecule has 0 radical (unpaired) electrons. The lowest BCUT2D eigenvalue weighted by Gasteiger charge is -2.21. The van der Waals surface area contributed by atoms with Gasteiger partial charge in [0.25, 0.3) is 0 Å². The normalized spacial score (nSPS) is 14.9. The van der Waals surface area contributed by atoms with E-state index in [1.165, 1.54) is 135 Å². The number of carbonyl (C=O) groups is 4. The van der Waals surface area contributed by atoms with Crippen molar-refractivity contribution in [3.05, 3.63) is 0 Å². The Bertz CT molecular complexity index is 1750. The second kappa shape index (κ2) is 58.8. The summed E-state index contributed by atoms with van der Waals surface area (Å²) in [5, 5.41) is 10.6. The van der Waals surface area contributed by atoms with Crippen LogP contribution in [-0.2, 0) is 65.4 Å². The monoisotopic (exact) mass is 1300 g/mol. The number of phosphoric ester groups is 2. The van der Waals surface area contributed by atoms with Gasteiger partial charge in [-0.2, -0.15) is 0 Å². The summed E-state index contributed by atoms with van der Waals surface area (Å²) >= 11 is 0. The molecule has 0 aliphatic heterocycles. The molecule has 88 heavy (non-hydrogen) atoms. The average Bonchev–Trinajstić information content (AvgIpc) is 3.54. The minimum Gasteiger partial charge on any atom is -0.462 e. The van der Waals surface area contributed by atoms with Crippen LogP contribution in [0.25, 0.3) is 0 Å². The van der Waals surface area contributed by atoms with Crippen molar-refractivity contribution in [2.24, 2.45) is 23.7 Å². The van der Waals surface area contributed by atoms with Crippen molar-refractivity contribution in [2.75, 3.05) is 39.6 Å². The molecule has 7 atom stereocenters. The van der Waals surface area contributed by atoms with E-state index in [4.69, 9.17) is 37.0 Å². The molecule has 0 fully saturated rings. The Hall–Kier alpha value is -1.94. The molecule has 0 saturated carbocycles. The highest BCUT2D eigenvalue weighted by atomic mass is 31.2. The van der Waals surface area contributed by atoms with E-state index in [1.54, 1.807) is 0 Å². The first-order valence-electron chi connectivity index (χ1n) is 35.8. The van der Waals surface area contributed by atoms with Crippen molar-refractivity contribution in [1.29, 1.82) is 0 Å². The molecule has 19 heteroatoms. The maximum Gasteiger partial charge on any atom is 0.472 e. The fourth-order valence-corrected chi connectivity index (χ4v) is 11.8. The van der Waals surface area contributed by atoms with Crippen LogP contribution in [0.5, 0.6) is 0 Å². The van der Waals surface area contributed by atoms with E-state index in [-0.39, 0.29) is 25.7 Å². The zero-order chi connectivity index (χ0) is 65.4. The molecule has 0 saturated heterocycles. The molecule has 0 spiro atoms. The van der Waals surface area contributed by atoms with Crippen LogP contribution in [-0.4, -0.2) is 96.7 Å². The van der Waals surface area contributed by atoms with E-state index < -0.39 is 97.5 Å². The fourth-order valence-electron chi connectivity index (χ4n) is 10.2. The topological polar surface area (TPSA) is 237 Å². The molecular formula is C69H134O17P2. The van der Waals surface area contributed by atoms with Crippen LogP contribution < -0.4 is 0 Å². The summed E-state index contributed by atoms with van der Waals surface area (Å²) in [7, 11) is -9.90. The second-order valence-electron chi connectivity index (χ2n) is 26.4. The highest BCUT2D eigenvalue weighted by Crippen LogP contribution is 2.45. The van der Waals surface area contributed by atoms with Gasteiger partial charge in [-0.05, 0) is 49.4 Å². The zero-order valence-corrected chi connectivity index (χ0v) is 59.1. The van der Waals surface area contributed by atoms with Crippen molar-refractivity contribution in [3.63, 3.8) is 0 Å². The molecule has 0 rings (SSSR count). The lowest BCUT2D eigenvalue weighted by Crippen LogP contribution is -2.30. The molecule has 0 aliphatic rings. The van der Waals surface area contributed by atoms with E-state index in [9.17, 15) is 43.2 Å². The van der Waals surface area contributed by atoms with E-state index in [2.05, 4.69) is 55.4 Å². The van der Waals surface area contributed by atoms with Crippen LogP contribution in [0, 0.1) is 23.7 Å². The van der Waals surface area contributed by atoms with Gasteiger partial charge in [-0.15, -0.1) is 0 Å². The van der Waals surface area contributed by atoms with E-state index in [1.807, 2.05) is 0 Å². The van der Waals surface area contributed by atoms with Crippen molar-refractivity contribution in [2.45, 2.75) is 356 Å². The summed E-state index contributed by atoms with van der Waals surface area (Å²) in [5.41, 5.74) is 0. The first-order valence-corrected chi connectivity index (χ1v) is 38.8. The molecule has 0 aliphatic carbocycles. The Morgan fingerprint density at radius 1 is 0.318 bits per heavy atom. The van der Waals surface area contributed by atoms with Crippen LogP contribution in [0.4, 0.5) is 0 Å². The van der Waals surface area contributed by atoms with Gasteiger partial charge in [0.05, 0.1) is 26.4 Å². The summed E-state index contributed by atoms with van der Waals surface area (Å²) in [5.74, 6) is 0.877. The van der Waals surface area contributed by atoms with E-state index in [0.717, 1.165) is 120 Å². The lowest BCUT2D eigenvalue weighted by molar-refractivity contribution is -0.161. The van der Waals surface area contributed by atoms with Gasteiger partial charge in [-0.3, -0.25) is 37.3 Å². The number of phosphoric acid groups is 2. The third kappa shape index (κ3) is 60.3. The molecular weight excluding hydrogens is 1160 g/mol. The Morgan fingerprint density at radius 2 is 0.545 bits per heavy atom. The molecule has 0 aromatic heterocycles. The van der Waals surface area contributed by atoms with Crippen molar-refractivity contribution in [3.8, 4) is 0 Å². The highest BCUT2D eigenvalue weighted by molar-refractivity contribution is 7.47. The molecule has 0 aromatic rings. The summed E-state index contributed by atoms with van der Waals surface area (Å²) in [6.45, 7) is 14.1. The van der Waals surface area contributed by atoms with E-state index in [0.29, 0.717) is 25.7 Å². The summed E-state index contributed by atoms with van der Waals surface area (Å²) in [4.78, 5) is 72.5. The number of hydrogen-bond acceptors (Lipinski definition) is 15. The predicted octanol–water partition coefficient (Wildman–Crippen LogP) is 19.3. The first kappa shape index (κ1) is 86.1. The fraction of sp³-hybridized carbons (Fsp3) is 0.942. The summed E-state index contributed by atoms with van der Waals surface area (Å²) in [6, 6.07) is 0. The Kier molecular flexibility index (Phi) is 57.6. The number of esters is 4. The van der Waals surface area contributed by atoms with Crippen LogP contribution >= 0.6 is 15.6 Å². The zero-order valence-electron chi connectivity index (χ0n) is 57.3. The average molecular weight is 1300 g/mol. The Labute approximate surface area is 537 Å². The number of rotatable bonds is 66. The predicted molar refractivity (Wildman–Crippen MR) is 354 cm³/mol. The van der Waals surface area contributed by atoms with Crippen LogP contribution in [0.1, 0.15) is 338 Å². The van der Waals surface area contributed by atoms with Crippen molar-refractivity contribution >= 4 is 39.5 Å². The second-order valence-corrected chi connectivity index (χ2v) is 29.3. The first-order chi connectivity index (χ1) is 42.2. The molecule has 4 unspecified atom stereocenters. The van der Waals surface area contributed by atoms with Gasteiger partial charge in [0.15, 0.2) is 12.2 Å². The summed E-state index contributed by atoms with van der Waals surface area (Å²) < 4.78 is 68.2. The minimum absolute atomic E-state index is 0.104. The lowest BCUT2D eigenvalue weighted by atomic mass is 9.99. The van der Waals surface area contributed by atoms with Gasteiger partial charge in [0.2, 0.25) is 0 Å². The maximum atomic E-state index is 13.0. The van der Waals surface area contributed by atoms with Gasteiger partial charge in [0.1, 0.15) is 19.3 Å². The number of aliphatic hydroxyl groups excluding tert-OH is 1. The standard InChI is InChI=1S/C69H134O17P2/c1-9-61(7)47-39-31-23-19-20-26-36-44-52-69(74)86-64(55-79-66(71)49-41-33-24-18-14-16-22-30-38-46-60(5)6)57-83-87(75,76)81-53-63(70)54-82-88(77,78)84-58-65(56-80-67(72)50-42-34-28-27-32-40-48-62(8)10-2)85-68(73)51-43-35-25-17-13-11-12-15-21-29-37-45-59(3)4/h59-65,70H,9-58H2,1-8H3,(H,75,76)(H,77,78)/t61?,62?,63-,64-,65-/m1/s1. The third-order valence-corrected chi connectivity index (χ3v) is 18.4. The van der Waals surface area contributed by atoms with Gasteiger partial charge < -0.3 is 33.8 Å². The maximum absolute atomic E-state index is 13.0.